The highest BCUT2D eigenvalue weighted by atomic mass is 16.5. The van der Waals surface area contributed by atoms with Crippen LogP contribution in [0.5, 0.6) is 92.0 Å². The van der Waals surface area contributed by atoms with E-state index in [0.29, 0.717) is 38.6 Å². The maximum absolute atomic E-state index is 9.70. The van der Waals surface area contributed by atoms with E-state index in [1.807, 2.05) is 136 Å². The number of hydrogen-bond donors (Lipinski definition) is 0. The van der Waals surface area contributed by atoms with Crippen molar-refractivity contribution in [1.29, 1.82) is 0 Å². The Labute approximate surface area is 946 Å². The van der Waals surface area contributed by atoms with Crippen LogP contribution in [0, 0.1) is 20.6 Å². The van der Waals surface area contributed by atoms with Gasteiger partial charge in [0.1, 0.15) is 92.0 Å². The summed E-state index contributed by atoms with van der Waals surface area (Å²) in [6.07, 6.45) is 0. The maximum atomic E-state index is 9.70. The third-order valence-corrected chi connectivity index (χ3v) is 25.9. The highest BCUT2D eigenvalue weighted by molar-refractivity contribution is 7.00. The second kappa shape index (κ2) is 35.9. The summed E-state index contributed by atoms with van der Waals surface area (Å²) in [6.45, 7) is 13.1. The monoisotopic (exact) mass is 1980 g/mol. The van der Waals surface area contributed by atoms with Crippen LogP contribution in [-0.2, 0) is 21.7 Å². The molecular formula is C133H111B4N3O8. The van der Waals surface area contributed by atoms with Crippen molar-refractivity contribution in [2.24, 2.45) is 0 Å². The van der Waals surface area contributed by atoms with E-state index in [9.17, 15) is 13.7 Å². The molecule has 19 aromatic carbocycles. The molecule has 0 radical (unpaired) electrons. The summed E-state index contributed by atoms with van der Waals surface area (Å²) in [4.78, 5) is 1.74. The Morgan fingerprint density at radius 2 is 0.568 bits per heavy atom. The largest absolute Gasteiger partial charge is 0.458 e. The van der Waals surface area contributed by atoms with Crippen molar-refractivity contribution in [1.82, 2.24) is 4.57 Å². The Kier molecular flexibility index (Phi) is 12.1. The number of aromatic nitrogens is 1. The first-order valence-corrected chi connectivity index (χ1v) is 47.0. The van der Waals surface area contributed by atoms with Gasteiger partial charge in [-0.15, -0.1) is 0 Å². The Hall–Kier alpha value is -16.8. The SMILES string of the molecule is [2H]c1c([2H])c(C(C)(C)C)c([2H])c2c1Oc1c([2H])c(-n3c4ccccc4c4ccccc43)c([2H])c3c1B2c1c([2H])c(C(C)(C)C)c([2H])c([2H])c1O3.[2H]c1c([2H])c(C(C)(C)C)c([2H])c2c1Oc1c([2H])c(C)c([2H])c3c1B2c1c([2H])c(C(C)(C)C)c([2H])c([2H])c1O3.[2H]c1c([2H])c([2H])c(-c2c([2H])c([2H])c3c(c2[2H])Oc2cccc4c2B3c2ccc(N(c3c([2H])c([2H])c([2H])c([2H])c3[2H])c3c([2H])c([2H])c([2H])c([2H])c3[2H])cc2O4)c([2H])c1[2H].[2H]c1c([2H])c([2H])c(N(c2cc3c4c(c2)Oc2c([2H])c([2H])c(C([2H])([2H])[2H])c([2H])c2B4c2c([2H])c(C([2H])([2H])[2H])c([2H])c([2H])c2O3)c2c([2H])c([2H])c([2H])c([2H])c2[2H])c([2H])c1[2H]. The first kappa shape index (κ1) is 49.9. The Balaban J connectivity index is 0.000000132. The van der Waals surface area contributed by atoms with E-state index in [1.54, 1.807) is 25.1 Å². The molecule has 0 fully saturated rings. The fourth-order valence-corrected chi connectivity index (χ4v) is 19.0. The number of anilines is 6. The molecule has 0 aliphatic carbocycles. The van der Waals surface area contributed by atoms with E-state index in [1.165, 1.54) is 18.2 Å². The summed E-state index contributed by atoms with van der Waals surface area (Å²) in [5.74, 6) is -1.81. The molecule has 11 nitrogen and oxygen atoms in total. The number of benzene rings is 19. The summed E-state index contributed by atoms with van der Waals surface area (Å²) in [5.41, 5.74) is -3.66. The Bertz CT molecular complexity index is 11600. The molecule has 718 valence electrons. The van der Waals surface area contributed by atoms with E-state index in [2.05, 4.69) is 0 Å². The van der Waals surface area contributed by atoms with E-state index in [4.69, 9.17) is 101 Å². The number of fused-ring (bicyclic) bond motifs is 19. The van der Waals surface area contributed by atoms with Crippen LogP contribution in [0.4, 0.5) is 34.1 Å². The lowest BCUT2D eigenvalue weighted by Gasteiger charge is -2.35. The molecule has 28 rings (SSSR count). The van der Waals surface area contributed by atoms with Gasteiger partial charge in [-0.3, -0.25) is 0 Å². The molecule has 0 saturated heterocycles. The van der Waals surface area contributed by atoms with Crippen LogP contribution >= 0.6 is 0 Å². The van der Waals surface area contributed by atoms with Gasteiger partial charge in [0.2, 0.25) is 0 Å². The van der Waals surface area contributed by atoms with Gasteiger partial charge in [-0.05, 0) is 258 Å². The van der Waals surface area contributed by atoms with Gasteiger partial charge in [-0.2, -0.15) is 0 Å². The molecule has 20 aromatic rings. The van der Waals surface area contributed by atoms with Crippen LogP contribution < -0.4 is 113 Å². The third kappa shape index (κ3) is 16.5. The summed E-state index contributed by atoms with van der Waals surface area (Å²) >= 11 is 0. The van der Waals surface area contributed by atoms with Crippen LogP contribution in [0.1, 0.15) is 199 Å². The summed E-state index contributed by atoms with van der Waals surface area (Å²) < 4.78 is 539. The lowest BCUT2D eigenvalue weighted by atomic mass is 9.34. The molecule has 0 saturated carbocycles. The molecule has 8 aliphatic heterocycles. The topological polar surface area (TPSA) is 85.3 Å². The van der Waals surface area contributed by atoms with Gasteiger partial charge in [0.15, 0.2) is 0 Å². The molecule has 0 bridgehead atoms. The third-order valence-electron chi connectivity index (χ3n) is 25.9. The van der Waals surface area contributed by atoms with Crippen LogP contribution in [-0.4, -0.2) is 31.4 Å². The van der Waals surface area contributed by atoms with Crippen molar-refractivity contribution in [2.75, 3.05) is 9.80 Å². The van der Waals surface area contributed by atoms with Crippen LogP contribution in [0.25, 0.3) is 38.6 Å². The van der Waals surface area contributed by atoms with Gasteiger partial charge in [0.05, 0.1) is 90.9 Å². The zero-order valence-corrected chi connectivity index (χ0v) is 81.2. The Morgan fingerprint density at radius 3 is 0.973 bits per heavy atom. The number of rotatable bonds is 8. The minimum atomic E-state index is -3.15. The first-order valence-electron chi connectivity index (χ1n) is 75.0. The summed E-state index contributed by atoms with van der Waals surface area (Å²) in [5, 5.41) is 1.84. The molecule has 0 spiro atoms. The van der Waals surface area contributed by atoms with E-state index in [-0.39, 0.29) is 238 Å². The van der Waals surface area contributed by atoms with Gasteiger partial charge >= 0.3 is 0 Å². The first-order chi connectivity index (χ1) is 94.9. The van der Waals surface area contributed by atoms with Crippen LogP contribution in [0.2, 0.25) is 0 Å². The highest BCUT2D eigenvalue weighted by Gasteiger charge is 2.47. The standard InChI is InChI=1S/C38H34BNO2.C36H24BNO2.C32H24BNO2.C27H29BO2/c1-37(2,3)23-15-17-32-28(19-23)39-29-20-24(38(4,5)6)16-18-33(29)42-35-22-25(21-34(41-32)36(35)39)40-30-13-9-7-11-26(30)27-12-8-10-14-31(27)40;1-4-11-25(12-5-1)26-19-21-30-34(23-26)39-32-17-10-18-33-36(32)37(30)31-22-20-29(24-35(31)40-33)38(27-13-6-2-7-14-27)28-15-8-3-9-16-28;1-21-13-15-28-26(17-21)33-27-18-22(2)14-16-29(27)36-31-20-25(19-30(35-28)32(31)33)34(23-9-5-3-6-10-23)24-11-7-4-8-12-24;1-16-12-23-25-24(13-16)30-22-11-9-18(27(5,6)7)15-20(22)28(25)19-14-17(26(2,3)4)8-10-21(19)29-23/h7-22H,1-6H3;1-24H;3-20H,1-2H3;8-15H,1-7H3/i15D,16D,17D,18D,19D,20D,21D,22D;1D,2D,3D,4D,5D,6D,7D,8D,9D,11D,12D,13D,14D,15D,16D,19D,21D,23D;1D3,2D3,3D,4D,5D,6D,7D,8D,9D,10D,11D,12D,13D,14D,15D,16D,17D,18D;8D,9D,10D,11D,12D,13D,14D,15D. The molecular weight excluding hydrogens is 1810 g/mol. The summed E-state index contributed by atoms with van der Waals surface area (Å²) in [7, 11) is 0. The Morgan fingerprint density at radius 1 is 0.236 bits per heavy atom. The van der Waals surface area contributed by atoms with E-state index in [0.717, 1.165) is 43.7 Å². The van der Waals surface area contributed by atoms with E-state index < -0.39 is 335 Å². The fourth-order valence-electron chi connectivity index (χ4n) is 19.0. The van der Waals surface area contributed by atoms with Gasteiger partial charge in [0, 0.05) is 99.6 Å². The zero-order chi connectivity index (χ0) is 150. The van der Waals surface area contributed by atoms with Gasteiger partial charge in [-0.1, -0.05) is 330 Å². The summed E-state index contributed by atoms with van der Waals surface area (Å²) in [6, 6.07) is -1.70. The minimum absolute atomic E-state index is 0.00464. The number of nitrogens with zero attached hydrogens (tertiary/aromatic N) is 3. The quantitative estimate of drug-likeness (QED) is 0.137. The molecule has 0 unspecified atom stereocenters. The molecule has 15 heteroatoms. The predicted molar refractivity (Wildman–Crippen MR) is 615 cm³/mol. The average molecular weight is 1980 g/mol. The number of para-hydroxylation sites is 6. The second-order valence-corrected chi connectivity index (χ2v) is 39.8. The molecule has 0 atom stereocenters. The number of ether oxygens (including phenoxy) is 8. The van der Waals surface area contributed by atoms with Crippen molar-refractivity contribution < 1.29 is 115 Å². The predicted octanol–water partition coefficient (Wildman–Crippen LogP) is 27.5. The van der Waals surface area contributed by atoms with Gasteiger partial charge in [0.25, 0.3) is 26.9 Å². The lowest BCUT2D eigenvalue weighted by molar-refractivity contribution is 0.462. The zero-order valence-electron chi connectivity index (χ0n) is 137. The maximum Gasteiger partial charge on any atom is 0.260 e. The molecule has 148 heavy (non-hydrogen) atoms. The molecule has 0 N–H and O–H groups in total. The van der Waals surface area contributed by atoms with Crippen molar-refractivity contribution >= 4 is 148 Å². The van der Waals surface area contributed by atoms with Gasteiger partial charge < -0.3 is 52.3 Å². The molecule has 0 amide bonds. The van der Waals surface area contributed by atoms with Gasteiger partial charge in [-0.25, -0.2) is 0 Å². The highest BCUT2D eigenvalue weighted by Crippen LogP contribution is 2.49. The average Bonchev–Trinajstić information content (AvgIpc) is 1.05. The molecule has 9 heterocycles. The van der Waals surface area contributed by atoms with Crippen LogP contribution in [0.15, 0.2) is 399 Å². The minimum Gasteiger partial charge on any atom is -0.458 e. The smallest absolute Gasteiger partial charge is 0.260 e. The van der Waals surface area contributed by atoms with Crippen LogP contribution in [0.3, 0.4) is 0 Å². The normalized spacial score (nSPS) is 18.7. The fraction of sp³-hybridized carbons (Fsp3) is 0.143. The second-order valence-electron chi connectivity index (χ2n) is 39.8. The van der Waals surface area contributed by atoms with Crippen molar-refractivity contribution in [2.45, 2.75) is 125 Å². The van der Waals surface area contributed by atoms with Crippen molar-refractivity contribution in [3.05, 3.63) is 438 Å². The molecule has 8 aliphatic rings. The van der Waals surface area contributed by atoms with E-state index >= 15 is 0 Å². The van der Waals surface area contributed by atoms with Crippen molar-refractivity contribution in [3.8, 4) is 109 Å². The number of hydrogen-bond acceptors (Lipinski definition) is 10. The van der Waals surface area contributed by atoms with Crippen molar-refractivity contribution in [3.63, 3.8) is 0 Å². The molecule has 1 aromatic heterocycles. The lowest BCUT2D eigenvalue weighted by Crippen LogP contribution is -2.57.